The lowest BCUT2D eigenvalue weighted by atomic mass is 10.1. The second-order valence-electron chi connectivity index (χ2n) is 5.47. The smallest absolute Gasteiger partial charge is 0.124 e. The summed E-state index contributed by atoms with van der Waals surface area (Å²) in [6, 6.07) is 2.13. The highest BCUT2D eigenvalue weighted by Crippen LogP contribution is 2.26. The molecule has 102 valence electrons. The average molecular weight is 294 g/mol. The molecule has 0 saturated carbocycles. The first-order valence-electron chi connectivity index (χ1n) is 6.46. The number of nitrogens with zero attached hydrogens (tertiary/aromatic N) is 2. The largest absolute Gasteiger partial charge is 0.373 e. The summed E-state index contributed by atoms with van der Waals surface area (Å²) in [6.45, 7) is 8.00. The average Bonchev–Trinajstić information content (AvgIpc) is 2.96. The summed E-state index contributed by atoms with van der Waals surface area (Å²) in [7, 11) is 0. The summed E-state index contributed by atoms with van der Waals surface area (Å²) in [5, 5.41) is 7.56. The molecular weight excluding hydrogens is 276 g/mol. The number of morpholine rings is 1. The Balaban J connectivity index is 1.67. The molecule has 0 atom stereocenters. The van der Waals surface area contributed by atoms with Crippen LogP contribution in [0.3, 0.4) is 0 Å². The maximum atomic E-state index is 5.74. The first kappa shape index (κ1) is 13.2. The zero-order valence-electron chi connectivity index (χ0n) is 11.3. The monoisotopic (exact) mass is 294 g/mol. The van der Waals surface area contributed by atoms with Crippen LogP contribution in [0, 0.1) is 0 Å². The molecule has 3 nitrogen and oxygen atoms in total. The van der Waals surface area contributed by atoms with E-state index in [2.05, 4.69) is 41.0 Å². The summed E-state index contributed by atoms with van der Waals surface area (Å²) in [5.74, 6) is 0. The molecule has 1 fully saturated rings. The zero-order chi connectivity index (χ0) is 13.3. The van der Waals surface area contributed by atoms with Crippen molar-refractivity contribution in [2.45, 2.75) is 26.0 Å². The number of thiophene rings is 1. The van der Waals surface area contributed by atoms with Crippen molar-refractivity contribution in [2.24, 2.45) is 0 Å². The molecule has 2 aromatic rings. The number of thiazole rings is 1. The number of rotatable bonds is 3. The topological polar surface area (TPSA) is 25.4 Å². The summed E-state index contributed by atoms with van der Waals surface area (Å²) in [5.41, 5.74) is 2.37. The van der Waals surface area contributed by atoms with Crippen LogP contribution in [0.5, 0.6) is 0 Å². The molecule has 1 saturated heterocycles. The van der Waals surface area contributed by atoms with E-state index < -0.39 is 0 Å². The van der Waals surface area contributed by atoms with E-state index in [1.165, 1.54) is 11.3 Å². The van der Waals surface area contributed by atoms with Crippen LogP contribution in [0.1, 0.15) is 19.5 Å². The van der Waals surface area contributed by atoms with Gasteiger partial charge in [0.2, 0.25) is 0 Å². The Kier molecular flexibility index (Phi) is 3.71. The van der Waals surface area contributed by atoms with Crippen LogP contribution in [-0.2, 0) is 11.3 Å². The van der Waals surface area contributed by atoms with E-state index in [0.717, 1.165) is 31.2 Å². The SMILES string of the molecule is CC1(C)CN(Cc2csc(-c3ccsc3)n2)CCO1. The highest BCUT2D eigenvalue weighted by molar-refractivity contribution is 7.14. The van der Waals surface area contributed by atoms with Gasteiger partial charge in [-0.25, -0.2) is 4.98 Å². The molecule has 1 aliphatic rings. The molecule has 2 aromatic heterocycles. The van der Waals surface area contributed by atoms with E-state index in [1.54, 1.807) is 22.7 Å². The van der Waals surface area contributed by atoms with E-state index in [-0.39, 0.29) is 5.60 Å². The van der Waals surface area contributed by atoms with Gasteiger partial charge in [0.15, 0.2) is 0 Å². The fourth-order valence-corrected chi connectivity index (χ4v) is 3.90. The Bertz CT molecular complexity index is 533. The van der Waals surface area contributed by atoms with Gasteiger partial charge in [-0.2, -0.15) is 11.3 Å². The lowest BCUT2D eigenvalue weighted by Gasteiger charge is -2.37. The second kappa shape index (κ2) is 5.32. The number of aromatic nitrogens is 1. The lowest BCUT2D eigenvalue weighted by Crippen LogP contribution is -2.47. The minimum absolute atomic E-state index is 0.0372. The summed E-state index contributed by atoms with van der Waals surface area (Å²) in [4.78, 5) is 7.16. The number of ether oxygens (including phenoxy) is 1. The Morgan fingerprint density at radius 3 is 3.05 bits per heavy atom. The normalized spacial score (nSPS) is 19.7. The molecule has 0 spiro atoms. The second-order valence-corrected chi connectivity index (χ2v) is 7.11. The van der Waals surface area contributed by atoms with Crippen LogP contribution < -0.4 is 0 Å². The predicted molar refractivity (Wildman–Crippen MR) is 80.7 cm³/mol. The van der Waals surface area contributed by atoms with Gasteiger partial charge in [0, 0.05) is 36.0 Å². The molecule has 0 unspecified atom stereocenters. The molecule has 3 heterocycles. The molecule has 5 heteroatoms. The maximum Gasteiger partial charge on any atom is 0.124 e. The van der Waals surface area contributed by atoms with Gasteiger partial charge in [-0.05, 0) is 25.3 Å². The van der Waals surface area contributed by atoms with Crippen molar-refractivity contribution in [1.82, 2.24) is 9.88 Å². The first-order valence-corrected chi connectivity index (χ1v) is 8.28. The van der Waals surface area contributed by atoms with E-state index in [9.17, 15) is 0 Å². The highest BCUT2D eigenvalue weighted by Gasteiger charge is 2.27. The van der Waals surface area contributed by atoms with Gasteiger partial charge >= 0.3 is 0 Å². The van der Waals surface area contributed by atoms with Crippen LogP contribution in [0.2, 0.25) is 0 Å². The van der Waals surface area contributed by atoms with Crippen molar-refractivity contribution in [3.63, 3.8) is 0 Å². The van der Waals surface area contributed by atoms with E-state index in [0.29, 0.717) is 0 Å². The Labute approximate surface area is 121 Å². The molecule has 0 aromatic carbocycles. The molecule has 0 amide bonds. The Morgan fingerprint density at radius 2 is 2.32 bits per heavy atom. The third kappa shape index (κ3) is 3.23. The fraction of sp³-hybridized carbons (Fsp3) is 0.500. The number of hydrogen-bond donors (Lipinski definition) is 0. The van der Waals surface area contributed by atoms with Crippen molar-refractivity contribution < 1.29 is 4.74 Å². The van der Waals surface area contributed by atoms with E-state index in [4.69, 9.17) is 9.72 Å². The van der Waals surface area contributed by atoms with Crippen LogP contribution in [0.15, 0.2) is 22.2 Å². The maximum absolute atomic E-state index is 5.74. The first-order chi connectivity index (χ1) is 9.12. The minimum atomic E-state index is -0.0372. The molecule has 0 N–H and O–H groups in total. The number of hydrogen-bond acceptors (Lipinski definition) is 5. The zero-order valence-corrected chi connectivity index (χ0v) is 12.9. The van der Waals surface area contributed by atoms with Gasteiger partial charge < -0.3 is 4.74 Å². The van der Waals surface area contributed by atoms with Gasteiger partial charge in [0.05, 0.1) is 17.9 Å². The van der Waals surface area contributed by atoms with Crippen molar-refractivity contribution in [3.05, 3.63) is 27.9 Å². The molecule has 19 heavy (non-hydrogen) atoms. The van der Waals surface area contributed by atoms with E-state index in [1.807, 2.05) is 0 Å². The highest BCUT2D eigenvalue weighted by atomic mass is 32.1. The summed E-state index contributed by atoms with van der Waals surface area (Å²) >= 11 is 3.45. The third-order valence-corrected chi connectivity index (χ3v) is 4.83. The van der Waals surface area contributed by atoms with Crippen molar-refractivity contribution in [2.75, 3.05) is 19.7 Å². The lowest BCUT2D eigenvalue weighted by molar-refractivity contribution is -0.0884. The Hall–Kier alpha value is -0.750. The molecule has 0 bridgehead atoms. The van der Waals surface area contributed by atoms with Crippen LogP contribution >= 0.6 is 22.7 Å². The molecule has 0 aliphatic carbocycles. The van der Waals surface area contributed by atoms with Crippen LogP contribution in [0.4, 0.5) is 0 Å². The molecule has 0 radical (unpaired) electrons. The van der Waals surface area contributed by atoms with Gasteiger partial charge in [-0.15, -0.1) is 11.3 Å². The van der Waals surface area contributed by atoms with Gasteiger partial charge in [0.1, 0.15) is 5.01 Å². The standard InChI is InChI=1S/C14H18N2OS2/c1-14(2)10-16(4-5-17-14)7-12-9-19-13(15-12)11-3-6-18-8-11/h3,6,8-9H,4-5,7,10H2,1-2H3. The van der Waals surface area contributed by atoms with Crippen LogP contribution in [-0.4, -0.2) is 35.2 Å². The fourth-order valence-electron chi connectivity index (χ4n) is 2.38. The summed E-state index contributed by atoms with van der Waals surface area (Å²) < 4.78 is 5.74. The van der Waals surface area contributed by atoms with E-state index >= 15 is 0 Å². The van der Waals surface area contributed by atoms with Gasteiger partial charge in [0.25, 0.3) is 0 Å². The molecular formula is C14H18N2OS2. The van der Waals surface area contributed by atoms with Gasteiger partial charge in [-0.3, -0.25) is 4.90 Å². The summed E-state index contributed by atoms with van der Waals surface area (Å²) in [6.07, 6.45) is 0. The molecule has 3 rings (SSSR count). The van der Waals surface area contributed by atoms with Crippen molar-refractivity contribution in [1.29, 1.82) is 0 Å². The predicted octanol–water partition coefficient (Wildman–Crippen LogP) is 3.48. The Morgan fingerprint density at radius 1 is 1.42 bits per heavy atom. The van der Waals surface area contributed by atoms with Gasteiger partial charge in [-0.1, -0.05) is 0 Å². The van der Waals surface area contributed by atoms with Crippen molar-refractivity contribution in [3.8, 4) is 10.6 Å². The molecule has 1 aliphatic heterocycles. The minimum Gasteiger partial charge on any atom is -0.373 e. The van der Waals surface area contributed by atoms with Crippen molar-refractivity contribution >= 4 is 22.7 Å². The quantitative estimate of drug-likeness (QED) is 0.866. The van der Waals surface area contributed by atoms with Crippen LogP contribution in [0.25, 0.3) is 10.6 Å². The third-order valence-electron chi connectivity index (χ3n) is 3.21.